The summed E-state index contributed by atoms with van der Waals surface area (Å²) < 4.78 is 18.3. The standard InChI is InChI=1S/C12H11FN2O/c1-16-12-3-2-8(13)6-9(12)10-7-15-5-4-11(10)14/h2-7H,1H3,(H2,14,15). The summed E-state index contributed by atoms with van der Waals surface area (Å²) in [6.45, 7) is 0. The zero-order valence-corrected chi connectivity index (χ0v) is 8.77. The number of methoxy groups -OCH3 is 1. The fourth-order valence-electron chi connectivity index (χ4n) is 1.52. The molecule has 82 valence electrons. The molecule has 0 saturated carbocycles. The van der Waals surface area contributed by atoms with Crippen LogP contribution in [0.3, 0.4) is 0 Å². The van der Waals surface area contributed by atoms with Crippen LogP contribution in [0.4, 0.5) is 10.1 Å². The van der Waals surface area contributed by atoms with Gasteiger partial charge in [0.2, 0.25) is 0 Å². The van der Waals surface area contributed by atoms with Crippen LogP contribution in [0.5, 0.6) is 5.75 Å². The number of aromatic nitrogens is 1. The molecule has 0 saturated heterocycles. The van der Waals surface area contributed by atoms with Crippen LogP contribution in [-0.4, -0.2) is 12.1 Å². The molecule has 0 amide bonds. The summed E-state index contributed by atoms with van der Waals surface area (Å²) in [6.07, 6.45) is 3.18. The smallest absolute Gasteiger partial charge is 0.127 e. The van der Waals surface area contributed by atoms with Crippen molar-refractivity contribution in [2.75, 3.05) is 12.8 Å². The molecule has 0 bridgehead atoms. The van der Waals surface area contributed by atoms with E-state index in [4.69, 9.17) is 10.5 Å². The number of hydrogen-bond acceptors (Lipinski definition) is 3. The van der Waals surface area contributed by atoms with Crippen LogP contribution < -0.4 is 10.5 Å². The van der Waals surface area contributed by atoms with Gasteiger partial charge in [-0.3, -0.25) is 4.98 Å². The summed E-state index contributed by atoms with van der Waals surface area (Å²) in [5.41, 5.74) is 7.62. The highest BCUT2D eigenvalue weighted by molar-refractivity contribution is 5.79. The van der Waals surface area contributed by atoms with Crippen molar-refractivity contribution in [1.29, 1.82) is 0 Å². The van der Waals surface area contributed by atoms with E-state index in [1.807, 2.05) is 0 Å². The lowest BCUT2D eigenvalue weighted by atomic mass is 10.0. The van der Waals surface area contributed by atoms with E-state index in [2.05, 4.69) is 4.98 Å². The predicted octanol–water partition coefficient (Wildman–Crippen LogP) is 2.48. The molecule has 0 fully saturated rings. The summed E-state index contributed by atoms with van der Waals surface area (Å²) in [7, 11) is 1.53. The van der Waals surface area contributed by atoms with Crippen molar-refractivity contribution < 1.29 is 9.13 Å². The first kappa shape index (κ1) is 10.4. The largest absolute Gasteiger partial charge is 0.496 e. The van der Waals surface area contributed by atoms with Gasteiger partial charge >= 0.3 is 0 Å². The van der Waals surface area contributed by atoms with Crippen molar-refractivity contribution >= 4 is 5.69 Å². The number of pyridine rings is 1. The van der Waals surface area contributed by atoms with Crippen LogP contribution in [0.2, 0.25) is 0 Å². The quantitative estimate of drug-likeness (QED) is 0.842. The molecule has 1 aromatic carbocycles. The van der Waals surface area contributed by atoms with E-state index in [-0.39, 0.29) is 5.82 Å². The van der Waals surface area contributed by atoms with Crippen LogP contribution in [0.15, 0.2) is 36.7 Å². The average molecular weight is 218 g/mol. The first-order valence-electron chi connectivity index (χ1n) is 4.76. The van der Waals surface area contributed by atoms with E-state index in [1.165, 1.54) is 19.2 Å². The molecule has 1 heterocycles. The van der Waals surface area contributed by atoms with Gasteiger partial charge in [0.1, 0.15) is 11.6 Å². The van der Waals surface area contributed by atoms with Crippen molar-refractivity contribution in [3.63, 3.8) is 0 Å². The minimum Gasteiger partial charge on any atom is -0.496 e. The molecule has 2 N–H and O–H groups in total. The van der Waals surface area contributed by atoms with Crippen molar-refractivity contribution in [2.24, 2.45) is 0 Å². The number of halogens is 1. The number of ether oxygens (including phenoxy) is 1. The summed E-state index contributed by atoms with van der Waals surface area (Å²) >= 11 is 0. The Balaban J connectivity index is 2.63. The Bertz CT molecular complexity index is 514. The topological polar surface area (TPSA) is 48.1 Å². The third-order valence-corrected chi connectivity index (χ3v) is 2.31. The Morgan fingerprint density at radius 1 is 1.25 bits per heavy atom. The molecule has 0 aliphatic carbocycles. The minimum absolute atomic E-state index is 0.334. The highest BCUT2D eigenvalue weighted by atomic mass is 19.1. The Kier molecular flexibility index (Phi) is 2.72. The van der Waals surface area contributed by atoms with Crippen LogP contribution in [-0.2, 0) is 0 Å². The number of benzene rings is 1. The number of hydrogen-bond donors (Lipinski definition) is 1. The molecule has 0 radical (unpaired) electrons. The Morgan fingerprint density at radius 3 is 2.75 bits per heavy atom. The maximum atomic E-state index is 13.2. The third kappa shape index (κ3) is 1.82. The molecule has 0 aliphatic rings. The maximum Gasteiger partial charge on any atom is 0.127 e. The van der Waals surface area contributed by atoms with Crippen LogP contribution in [0.1, 0.15) is 0 Å². The molecule has 0 unspecified atom stereocenters. The molecule has 2 aromatic rings. The first-order valence-corrected chi connectivity index (χ1v) is 4.76. The lowest BCUT2D eigenvalue weighted by molar-refractivity contribution is 0.415. The van der Waals surface area contributed by atoms with Gasteiger partial charge in [0, 0.05) is 29.2 Å². The third-order valence-electron chi connectivity index (χ3n) is 2.31. The Labute approximate surface area is 92.7 Å². The van der Waals surface area contributed by atoms with Crippen LogP contribution in [0, 0.1) is 5.82 Å². The SMILES string of the molecule is COc1ccc(F)cc1-c1cnccc1N. The summed E-state index contributed by atoms with van der Waals surface area (Å²) in [5, 5.41) is 0. The van der Waals surface area contributed by atoms with E-state index in [0.717, 1.165) is 0 Å². The van der Waals surface area contributed by atoms with Crippen molar-refractivity contribution in [2.45, 2.75) is 0 Å². The molecular formula is C12H11FN2O. The van der Waals surface area contributed by atoms with Gasteiger partial charge in [-0.15, -0.1) is 0 Å². The fourth-order valence-corrected chi connectivity index (χ4v) is 1.52. The molecule has 16 heavy (non-hydrogen) atoms. The maximum absolute atomic E-state index is 13.2. The molecular weight excluding hydrogens is 207 g/mol. The highest BCUT2D eigenvalue weighted by Crippen LogP contribution is 2.33. The minimum atomic E-state index is -0.334. The zero-order valence-electron chi connectivity index (χ0n) is 8.77. The summed E-state index contributed by atoms with van der Waals surface area (Å²) in [6, 6.07) is 5.96. The second kappa shape index (κ2) is 4.18. The van der Waals surface area contributed by atoms with Gasteiger partial charge in [-0.1, -0.05) is 0 Å². The highest BCUT2D eigenvalue weighted by Gasteiger charge is 2.09. The Morgan fingerprint density at radius 2 is 2.06 bits per heavy atom. The van der Waals surface area contributed by atoms with Gasteiger partial charge < -0.3 is 10.5 Å². The van der Waals surface area contributed by atoms with E-state index >= 15 is 0 Å². The van der Waals surface area contributed by atoms with Gasteiger partial charge in [0.15, 0.2) is 0 Å². The number of nitrogens with zero attached hydrogens (tertiary/aromatic N) is 1. The van der Waals surface area contributed by atoms with Crippen LogP contribution in [0.25, 0.3) is 11.1 Å². The predicted molar refractivity (Wildman–Crippen MR) is 60.6 cm³/mol. The number of anilines is 1. The van der Waals surface area contributed by atoms with E-state index in [1.54, 1.807) is 24.5 Å². The molecule has 1 aromatic heterocycles. The van der Waals surface area contributed by atoms with Gasteiger partial charge in [-0.05, 0) is 24.3 Å². The van der Waals surface area contributed by atoms with Gasteiger partial charge in [-0.2, -0.15) is 0 Å². The van der Waals surface area contributed by atoms with E-state index in [0.29, 0.717) is 22.6 Å². The first-order chi connectivity index (χ1) is 7.72. The normalized spacial score (nSPS) is 10.1. The van der Waals surface area contributed by atoms with E-state index < -0.39 is 0 Å². The monoisotopic (exact) mass is 218 g/mol. The number of rotatable bonds is 2. The van der Waals surface area contributed by atoms with Gasteiger partial charge in [-0.25, -0.2) is 4.39 Å². The summed E-state index contributed by atoms with van der Waals surface area (Å²) in [4.78, 5) is 3.97. The average Bonchev–Trinajstić information content (AvgIpc) is 2.29. The van der Waals surface area contributed by atoms with Crippen molar-refractivity contribution in [3.05, 3.63) is 42.5 Å². The lowest BCUT2D eigenvalue weighted by Gasteiger charge is -2.10. The molecule has 2 rings (SSSR count). The van der Waals surface area contributed by atoms with Gasteiger partial charge in [0.05, 0.1) is 7.11 Å². The second-order valence-electron chi connectivity index (χ2n) is 3.31. The molecule has 0 aliphatic heterocycles. The number of nitrogens with two attached hydrogens (primary N) is 1. The Hall–Kier alpha value is -2.10. The number of nitrogen functional groups attached to an aromatic ring is 1. The molecule has 0 atom stereocenters. The lowest BCUT2D eigenvalue weighted by Crippen LogP contribution is -1.94. The van der Waals surface area contributed by atoms with Crippen LogP contribution >= 0.6 is 0 Å². The van der Waals surface area contributed by atoms with E-state index in [9.17, 15) is 4.39 Å². The zero-order chi connectivity index (χ0) is 11.5. The molecule has 0 spiro atoms. The summed E-state index contributed by atoms with van der Waals surface area (Å²) in [5.74, 6) is 0.236. The second-order valence-corrected chi connectivity index (χ2v) is 3.31. The fraction of sp³-hybridized carbons (Fsp3) is 0.0833. The van der Waals surface area contributed by atoms with Crippen molar-refractivity contribution in [1.82, 2.24) is 4.98 Å². The van der Waals surface area contributed by atoms with Crippen molar-refractivity contribution in [3.8, 4) is 16.9 Å². The van der Waals surface area contributed by atoms with Gasteiger partial charge in [0.25, 0.3) is 0 Å². The molecule has 3 nitrogen and oxygen atoms in total. The molecule has 4 heteroatoms.